The van der Waals surface area contributed by atoms with Crippen molar-refractivity contribution in [3.8, 4) is 17.6 Å². The molecule has 0 aliphatic heterocycles. The molecule has 0 heterocycles. The summed E-state index contributed by atoms with van der Waals surface area (Å²) < 4.78 is 6.34. The normalized spacial score (nSPS) is 11.5. The van der Waals surface area contributed by atoms with Gasteiger partial charge in [-0.2, -0.15) is 0 Å². The minimum Gasteiger partial charge on any atom is -0.496 e. The molecule has 0 fully saturated rings. The molecule has 0 spiro atoms. The zero-order valence-corrected chi connectivity index (χ0v) is 11.7. The van der Waals surface area contributed by atoms with Crippen LogP contribution in [0.1, 0.15) is 31.4 Å². The molecule has 92 valence electrons. The first kappa shape index (κ1) is 14.0. The molecule has 4 heteroatoms. The minimum absolute atomic E-state index is 0.0545. The lowest BCUT2D eigenvalue weighted by Gasteiger charge is -2.18. The Morgan fingerprint density at radius 2 is 2.29 bits per heavy atom. The molecule has 0 amide bonds. The van der Waals surface area contributed by atoms with Crippen molar-refractivity contribution in [2.24, 2.45) is 5.84 Å². The maximum absolute atomic E-state index is 5.58. The van der Waals surface area contributed by atoms with Gasteiger partial charge in [0.2, 0.25) is 0 Å². The molecular formula is C13H17BrN2O. The maximum atomic E-state index is 5.58. The minimum atomic E-state index is 0.0545. The first-order valence-electron chi connectivity index (χ1n) is 5.42. The SMILES string of the molecule is CC#CCCC(NN)c1ccc(Br)cc1OC. The van der Waals surface area contributed by atoms with Gasteiger partial charge in [0.05, 0.1) is 13.2 Å². The van der Waals surface area contributed by atoms with Crippen LogP contribution in [0.15, 0.2) is 22.7 Å². The van der Waals surface area contributed by atoms with E-state index in [9.17, 15) is 0 Å². The first-order valence-corrected chi connectivity index (χ1v) is 6.21. The van der Waals surface area contributed by atoms with E-state index in [0.717, 1.165) is 28.6 Å². The molecule has 0 radical (unpaired) electrons. The molecule has 1 aromatic rings. The van der Waals surface area contributed by atoms with Crippen molar-refractivity contribution < 1.29 is 4.74 Å². The van der Waals surface area contributed by atoms with E-state index in [1.165, 1.54) is 0 Å². The largest absolute Gasteiger partial charge is 0.496 e. The highest BCUT2D eigenvalue weighted by Gasteiger charge is 2.14. The van der Waals surface area contributed by atoms with Crippen LogP contribution in [0.2, 0.25) is 0 Å². The van der Waals surface area contributed by atoms with E-state index in [1.54, 1.807) is 7.11 Å². The Balaban J connectivity index is 2.89. The zero-order chi connectivity index (χ0) is 12.7. The van der Waals surface area contributed by atoms with Crippen LogP contribution < -0.4 is 16.0 Å². The third-order valence-electron chi connectivity index (χ3n) is 2.51. The van der Waals surface area contributed by atoms with E-state index < -0.39 is 0 Å². The molecule has 0 aliphatic carbocycles. The van der Waals surface area contributed by atoms with Crippen LogP contribution in [0.5, 0.6) is 5.75 Å². The highest BCUT2D eigenvalue weighted by atomic mass is 79.9. The molecule has 1 unspecified atom stereocenters. The highest BCUT2D eigenvalue weighted by Crippen LogP contribution is 2.30. The van der Waals surface area contributed by atoms with Crippen molar-refractivity contribution in [3.63, 3.8) is 0 Å². The number of methoxy groups -OCH3 is 1. The van der Waals surface area contributed by atoms with Crippen LogP contribution in [0.25, 0.3) is 0 Å². The Hall–Kier alpha value is -1.02. The third kappa shape index (κ3) is 4.04. The van der Waals surface area contributed by atoms with Crippen LogP contribution in [-0.4, -0.2) is 7.11 Å². The summed E-state index contributed by atoms with van der Waals surface area (Å²) in [5.74, 6) is 12.3. The number of halogens is 1. The average Bonchev–Trinajstić information content (AvgIpc) is 2.35. The van der Waals surface area contributed by atoms with E-state index >= 15 is 0 Å². The van der Waals surface area contributed by atoms with Gasteiger partial charge in [-0.05, 0) is 25.5 Å². The second-order valence-corrected chi connectivity index (χ2v) is 4.49. The van der Waals surface area contributed by atoms with Crippen LogP contribution in [0.4, 0.5) is 0 Å². The summed E-state index contributed by atoms with van der Waals surface area (Å²) in [6, 6.07) is 5.98. The average molecular weight is 297 g/mol. The summed E-state index contributed by atoms with van der Waals surface area (Å²) in [5, 5.41) is 0. The third-order valence-corrected chi connectivity index (χ3v) is 3.00. The van der Waals surface area contributed by atoms with Gasteiger partial charge in [-0.15, -0.1) is 11.8 Å². The quantitative estimate of drug-likeness (QED) is 0.499. The lowest BCUT2D eigenvalue weighted by molar-refractivity contribution is 0.396. The predicted octanol–water partition coefficient (Wildman–Crippen LogP) is 2.77. The van der Waals surface area contributed by atoms with E-state index in [2.05, 4.69) is 33.2 Å². The van der Waals surface area contributed by atoms with Crippen molar-refractivity contribution in [1.29, 1.82) is 0 Å². The lowest BCUT2D eigenvalue weighted by atomic mass is 10.0. The summed E-state index contributed by atoms with van der Waals surface area (Å²) >= 11 is 3.42. The molecular weight excluding hydrogens is 280 g/mol. The Bertz CT molecular complexity index is 423. The van der Waals surface area contributed by atoms with Crippen molar-refractivity contribution in [2.45, 2.75) is 25.8 Å². The Morgan fingerprint density at radius 3 is 2.88 bits per heavy atom. The fraction of sp³-hybridized carbons (Fsp3) is 0.385. The number of nitrogens with one attached hydrogen (secondary N) is 1. The van der Waals surface area contributed by atoms with Crippen molar-refractivity contribution >= 4 is 15.9 Å². The molecule has 0 saturated carbocycles. The van der Waals surface area contributed by atoms with E-state index in [1.807, 2.05) is 25.1 Å². The topological polar surface area (TPSA) is 47.3 Å². The van der Waals surface area contributed by atoms with Crippen LogP contribution >= 0.6 is 15.9 Å². The van der Waals surface area contributed by atoms with Crippen LogP contribution in [0, 0.1) is 11.8 Å². The summed E-state index contributed by atoms with van der Waals surface area (Å²) in [7, 11) is 1.66. The maximum Gasteiger partial charge on any atom is 0.124 e. The van der Waals surface area contributed by atoms with E-state index in [4.69, 9.17) is 10.6 Å². The molecule has 0 saturated heterocycles. The molecule has 1 atom stereocenters. The Labute approximate surface area is 111 Å². The monoisotopic (exact) mass is 296 g/mol. The molecule has 3 nitrogen and oxygen atoms in total. The smallest absolute Gasteiger partial charge is 0.124 e. The number of hydrogen-bond acceptors (Lipinski definition) is 3. The Morgan fingerprint density at radius 1 is 1.53 bits per heavy atom. The van der Waals surface area contributed by atoms with E-state index in [0.29, 0.717) is 0 Å². The number of hydrogen-bond donors (Lipinski definition) is 2. The van der Waals surface area contributed by atoms with Crippen LogP contribution in [0.3, 0.4) is 0 Å². The van der Waals surface area contributed by atoms with Gasteiger partial charge in [-0.25, -0.2) is 0 Å². The second kappa shape index (κ2) is 7.33. The van der Waals surface area contributed by atoms with Crippen molar-refractivity contribution in [3.05, 3.63) is 28.2 Å². The standard InChI is InChI=1S/C13H17BrN2O/c1-3-4-5-6-12(16-15)11-8-7-10(14)9-13(11)17-2/h7-9,12,16H,5-6,15H2,1-2H3. The number of benzene rings is 1. The molecule has 0 aliphatic rings. The second-order valence-electron chi connectivity index (χ2n) is 3.57. The molecule has 0 aromatic heterocycles. The van der Waals surface area contributed by atoms with Gasteiger partial charge in [0.15, 0.2) is 0 Å². The number of ether oxygens (including phenoxy) is 1. The first-order chi connectivity index (χ1) is 8.22. The number of rotatable bonds is 5. The Kier molecular flexibility index (Phi) is 6.06. The molecule has 1 aromatic carbocycles. The van der Waals surface area contributed by atoms with Gasteiger partial charge in [0.25, 0.3) is 0 Å². The summed E-state index contributed by atoms with van der Waals surface area (Å²) in [4.78, 5) is 0. The fourth-order valence-electron chi connectivity index (χ4n) is 1.64. The zero-order valence-electron chi connectivity index (χ0n) is 10.1. The van der Waals surface area contributed by atoms with Gasteiger partial charge in [-0.3, -0.25) is 11.3 Å². The van der Waals surface area contributed by atoms with Gasteiger partial charge in [0.1, 0.15) is 5.75 Å². The van der Waals surface area contributed by atoms with Gasteiger partial charge >= 0.3 is 0 Å². The van der Waals surface area contributed by atoms with Gasteiger partial charge < -0.3 is 4.74 Å². The van der Waals surface area contributed by atoms with Gasteiger partial charge in [0, 0.05) is 16.5 Å². The summed E-state index contributed by atoms with van der Waals surface area (Å²) in [6.07, 6.45) is 1.67. The van der Waals surface area contributed by atoms with Gasteiger partial charge in [-0.1, -0.05) is 22.0 Å². The molecule has 0 bridgehead atoms. The predicted molar refractivity (Wildman–Crippen MR) is 73.4 cm³/mol. The molecule has 3 N–H and O–H groups in total. The van der Waals surface area contributed by atoms with Crippen molar-refractivity contribution in [2.75, 3.05) is 7.11 Å². The molecule has 17 heavy (non-hydrogen) atoms. The lowest BCUT2D eigenvalue weighted by Crippen LogP contribution is -2.28. The number of nitrogens with two attached hydrogens (primary N) is 1. The molecule has 1 rings (SSSR count). The summed E-state index contributed by atoms with van der Waals surface area (Å²) in [6.45, 7) is 1.84. The number of hydrazine groups is 1. The summed E-state index contributed by atoms with van der Waals surface area (Å²) in [5.41, 5.74) is 3.86. The van der Waals surface area contributed by atoms with E-state index in [-0.39, 0.29) is 6.04 Å². The highest BCUT2D eigenvalue weighted by molar-refractivity contribution is 9.10. The fourth-order valence-corrected chi connectivity index (χ4v) is 1.98. The van der Waals surface area contributed by atoms with Crippen LogP contribution in [-0.2, 0) is 0 Å². The van der Waals surface area contributed by atoms with Crippen molar-refractivity contribution in [1.82, 2.24) is 5.43 Å².